The summed E-state index contributed by atoms with van der Waals surface area (Å²) in [5, 5.41) is 19.1. The molecule has 2 aliphatic rings. The van der Waals surface area contributed by atoms with Crippen LogP contribution in [0.3, 0.4) is 0 Å². The number of anilines is 2. The molecule has 8 nitrogen and oxygen atoms in total. The van der Waals surface area contributed by atoms with Crippen molar-refractivity contribution in [1.29, 1.82) is 5.26 Å². The van der Waals surface area contributed by atoms with Crippen LogP contribution in [0.2, 0.25) is 0 Å². The molecule has 8 heteroatoms. The summed E-state index contributed by atoms with van der Waals surface area (Å²) in [5.74, 6) is 0.135. The minimum absolute atomic E-state index is 0.0303. The van der Waals surface area contributed by atoms with E-state index in [4.69, 9.17) is 5.73 Å². The largest absolute Gasteiger partial charge is 0.397 e. The van der Waals surface area contributed by atoms with E-state index in [1.165, 1.54) is 5.56 Å². The maximum Gasteiger partial charge on any atom is 0.243 e. The highest BCUT2D eigenvalue weighted by atomic mass is 16.2. The van der Waals surface area contributed by atoms with E-state index in [1.807, 2.05) is 67.7 Å². The summed E-state index contributed by atoms with van der Waals surface area (Å²) in [5.41, 5.74) is 11.2. The Morgan fingerprint density at radius 2 is 1.85 bits per heavy atom. The van der Waals surface area contributed by atoms with Crippen molar-refractivity contribution >= 4 is 23.2 Å². The number of nitrogens with two attached hydrogens (primary N) is 1. The molecule has 206 valence electrons. The molecule has 4 atom stereocenters. The molecule has 0 saturated carbocycles. The van der Waals surface area contributed by atoms with Crippen molar-refractivity contribution in [3.63, 3.8) is 0 Å². The summed E-state index contributed by atoms with van der Waals surface area (Å²) >= 11 is 0. The third-order valence-corrected chi connectivity index (χ3v) is 8.17. The smallest absolute Gasteiger partial charge is 0.243 e. The van der Waals surface area contributed by atoms with Crippen LogP contribution in [0.15, 0.2) is 72.8 Å². The number of carbonyl (C=O) groups is 2. The number of carbonyl (C=O) groups excluding carboxylic acids is 2. The molecule has 5 rings (SSSR count). The van der Waals surface area contributed by atoms with Gasteiger partial charge in [-0.2, -0.15) is 5.26 Å². The van der Waals surface area contributed by atoms with Gasteiger partial charge in [0, 0.05) is 26.7 Å². The van der Waals surface area contributed by atoms with Crippen molar-refractivity contribution in [1.82, 2.24) is 15.5 Å². The molecular formula is C32H36N6O2. The van der Waals surface area contributed by atoms with Gasteiger partial charge in [-0.25, -0.2) is 0 Å². The minimum Gasteiger partial charge on any atom is -0.397 e. The quantitative estimate of drug-likeness (QED) is 0.327. The SMILES string of the molecule is CNc1ccc(CNC(=O)[C@@H]2C[C@@H](Cc3ccccc3C#N)CN2C(=O)[C@H]2C[C@@H](c3ccccc3)CN2)cc1N. The lowest BCUT2D eigenvalue weighted by Crippen LogP contribution is -2.51. The molecule has 2 fully saturated rings. The first-order valence-corrected chi connectivity index (χ1v) is 13.9. The second-order valence-corrected chi connectivity index (χ2v) is 10.8. The van der Waals surface area contributed by atoms with Gasteiger partial charge in [-0.15, -0.1) is 0 Å². The van der Waals surface area contributed by atoms with Crippen molar-refractivity contribution in [2.45, 2.75) is 43.8 Å². The van der Waals surface area contributed by atoms with Crippen LogP contribution in [-0.4, -0.2) is 48.9 Å². The summed E-state index contributed by atoms with van der Waals surface area (Å²) < 4.78 is 0. The maximum atomic E-state index is 13.9. The van der Waals surface area contributed by atoms with Crippen molar-refractivity contribution in [3.8, 4) is 6.07 Å². The zero-order valence-electron chi connectivity index (χ0n) is 22.8. The van der Waals surface area contributed by atoms with Crippen LogP contribution in [-0.2, 0) is 22.6 Å². The lowest BCUT2D eigenvalue weighted by molar-refractivity contribution is -0.139. The summed E-state index contributed by atoms with van der Waals surface area (Å²) in [6.45, 7) is 1.54. The average Bonchev–Trinajstić information content (AvgIpc) is 3.65. The highest BCUT2D eigenvalue weighted by Crippen LogP contribution is 2.32. The van der Waals surface area contributed by atoms with Crippen molar-refractivity contribution in [2.75, 3.05) is 31.2 Å². The van der Waals surface area contributed by atoms with Crippen molar-refractivity contribution in [3.05, 3.63) is 95.1 Å². The third-order valence-electron chi connectivity index (χ3n) is 8.17. The molecule has 0 spiro atoms. The molecular weight excluding hydrogens is 500 g/mol. The molecule has 40 heavy (non-hydrogen) atoms. The Balaban J connectivity index is 1.31. The summed E-state index contributed by atoms with van der Waals surface area (Å²) in [6, 6.07) is 24.8. The van der Waals surface area contributed by atoms with Gasteiger partial charge in [0.1, 0.15) is 6.04 Å². The molecule has 0 bridgehead atoms. The number of amides is 2. The van der Waals surface area contributed by atoms with Gasteiger partial charge >= 0.3 is 0 Å². The Morgan fingerprint density at radius 1 is 1.07 bits per heavy atom. The van der Waals surface area contributed by atoms with E-state index in [2.05, 4.69) is 34.2 Å². The molecule has 0 aromatic heterocycles. The number of rotatable bonds is 8. The lowest BCUT2D eigenvalue weighted by atomic mass is 9.94. The first kappa shape index (κ1) is 27.2. The van der Waals surface area contributed by atoms with Crippen LogP contribution in [0.1, 0.15) is 41.0 Å². The van der Waals surface area contributed by atoms with Crippen molar-refractivity contribution in [2.24, 2.45) is 5.92 Å². The molecule has 3 aromatic rings. The van der Waals surface area contributed by atoms with E-state index in [0.717, 1.165) is 23.4 Å². The molecule has 5 N–H and O–H groups in total. The zero-order valence-corrected chi connectivity index (χ0v) is 22.8. The Kier molecular flexibility index (Phi) is 8.32. The third kappa shape index (κ3) is 5.95. The summed E-state index contributed by atoms with van der Waals surface area (Å²) in [6.07, 6.45) is 1.89. The predicted octanol–water partition coefficient (Wildman–Crippen LogP) is 3.40. The monoisotopic (exact) mass is 536 g/mol. The molecule has 0 aliphatic carbocycles. The van der Waals surface area contributed by atoms with E-state index in [1.54, 1.807) is 4.90 Å². The average molecular weight is 537 g/mol. The molecule has 2 saturated heterocycles. The Bertz CT molecular complexity index is 1400. The fourth-order valence-electron chi connectivity index (χ4n) is 6.04. The van der Waals surface area contributed by atoms with Crippen LogP contribution in [0, 0.1) is 17.2 Å². The van der Waals surface area contributed by atoms with Gasteiger partial charge in [0.05, 0.1) is 29.0 Å². The van der Waals surface area contributed by atoms with Crippen LogP contribution < -0.4 is 21.7 Å². The second kappa shape index (κ2) is 12.2. The highest BCUT2D eigenvalue weighted by Gasteiger charge is 2.43. The number of hydrogen-bond donors (Lipinski definition) is 4. The van der Waals surface area contributed by atoms with Gasteiger partial charge in [-0.05, 0) is 66.0 Å². The highest BCUT2D eigenvalue weighted by molar-refractivity contribution is 5.90. The topological polar surface area (TPSA) is 123 Å². The van der Waals surface area contributed by atoms with E-state index in [-0.39, 0.29) is 29.7 Å². The number of nitrogen functional groups attached to an aromatic ring is 1. The summed E-state index contributed by atoms with van der Waals surface area (Å²) in [7, 11) is 1.81. The number of hydrogen-bond acceptors (Lipinski definition) is 6. The van der Waals surface area contributed by atoms with E-state index in [0.29, 0.717) is 43.6 Å². The van der Waals surface area contributed by atoms with E-state index >= 15 is 0 Å². The first-order valence-electron chi connectivity index (χ1n) is 13.9. The Labute approximate surface area is 235 Å². The molecule has 0 unspecified atom stereocenters. The van der Waals surface area contributed by atoms with Gasteiger partial charge in [-0.1, -0.05) is 54.6 Å². The molecule has 2 amide bonds. The number of nitrogens with zero attached hydrogens (tertiary/aromatic N) is 2. The first-order chi connectivity index (χ1) is 19.5. The van der Waals surface area contributed by atoms with Gasteiger partial charge in [0.2, 0.25) is 11.8 Å². The fourth-order valence-corrected chi connectivity index (χ4v) is 6.04. The molecule has 0 radical (unpaired) electrons. The van der Waals surface area contributed by atoms with E-state index in [9.17, 15) is 14.9 Å². The zero-order chi connectivity index (χ0) is 28.1. The Morgan fingerprint density at radius 3 is 2.60 bits per heavy atom. The molecule has 3 aromatic carbocycles. The maximum absolute atomic E-state index is 13.9. The molecule has 2 heterocycles. The fraction of sp³-hybridized carbons (Fsp3) is 0.344. The van der Waals surface area contributed by atoms with Gasteiger partial charge in [0.25, 0.3) is 0 Å². The standard InChI is InChI=1S/C32H36N6O2/c1-35-28-12-11-21(14-27(28)34)18-37-31(39)30-15-22(13-24-9-5-6-10-25(24)17-33)20-38(30)32(40)29-16-26(19-36-29)23-7-3-2-4-8-23/h2-12,14,22,26,29-30,35-36H,13,15-16,18-20,34H2,1H3,(H,37,39)/t22-,26-,29-,30+/m1/s1. The summed E-state index contributed by atoms with van der Waals surface area (Å²) in [4.78, 5) is 29.2. The second-order valence-electron chi connectivity index (χ2n) is 10.8. The van der Waals surface area contributed by atoms with Crippen LogP contribution in [0.5, 0.6) is 0 Å². The normalized spacial score (nSPS) is 22.1. The van der Waals surface area contributed by atoms with Crippen LogP contribution in [0.4, 0.5) is 11.4 Å². The number of nitriles is 1. The number of benzene rings is 3. The van der Waals surface area contributed by atoms with Gasteiger partial charge in [0.15, 0.2) is 0 Å². The van der Waals surface area contributed by atoms with E-state index < -0.39 is 6.04 Å². The lowest BCUT2D eigenvalue weighted by Gasteiger charge is -2.27. The Hall–Kier alpha value is -4.35. The van der Waals surface area contributed by atoms with Crippen LogP contribution >= 0.6 is 0 Å². The van der Waals surface area contributed by atoms with Gasteiger partial charge < -0.3 is 26.6 Å². The molecule has 2 aliphatic heterocycles. The number of likely N-dealkylation sites (tertiary alicyclic amines) is 1. The minimum atomic E-state index is -0.571. The van der Waals surface area contributed by atoms with Crippen LogP contribution in [0.25, 0.3) is 0 Å². The van der Waals surface area contributed by atoms with Crippen molar-refractivity contribution < 1.29 is 9.59 Å². The number of nitrogens with one attached hydrogen (secondary N) is 3. The predicted molar refractivity (Wildman–Crippen MR) is 156 cm³/mol. The van der Waals surface area contributed by atoms with Gasteiger partial charge in [-0.3, -0.25) is 9.59 Å².